The van der Waals surface area contributed by atoms with Gasteiger partial charge in [0.1, 0.15) is 5.82 Å². The van der Waals surface area contributed by atoms with Crippen LogP contribution >= 0.6 is 0 Å². The number of likely N-dealkylation sites (tertiary alicyclic amines) is 1. The molecule has 1 N–H and O–H groups in total. The first-order valence-electron chi connectivity index (χ1n) is 8.94. The van der Waals surface area contributed by atoms with Crippen LogP contribution in [0.25, 0.3) is 0 Å². The molecular weight excluding hydrogens is 304 g/mol. The Morgan fingerprint density at radius 1 is 1.29 bits per heavy atom. The second kappa shape index (κ2) is 6.64. The van der Waals surface area contributed by atoms with Gasteiger partial charge < -0.3 is 4.74 Å². The Kier molecular flexibility index (Phi) is 4.37. The molecule has 0 saturated carbocycles. The van der Waals surface area contributed by atoms with Crippen LogP contribution in [0.4, 0.5) is 0 Å². The third kappa shape index (κ3) is 3.10. The highest BCUT2D eigenvalue weighted by Gasteiger charge is 2.30. The fraction of sp³-hybridized carbons (Fsp3) is 0.706. The molecular formula is C17H26N6O. The molecule has 2 aromatic heterocycles. The van der Waals surface area contributed by atoms with Crippen molar-refractivity contribution in [3.8, 4) is 0 Å². The second-order valence-corrected chi connectivity index (χ2v) is 7.01. The van der Waals surface area contributed by atoms with Crippen molar-refractivity contribution in [2.45, 2.75) is 51.1 Å². The molecule has 2 saturated heterocycles. The van der Waals surface area contributed by atoms with E-state index in [4.69, 9.17) is 9.72 Å². The predicted octanol–water partition coefficient (Wildman–Crippen LogP) is 2.08. The summed E-state index contributed by atoms with van der Waals surface area (Å²) >= 11 is 0. The quantitative estimate of drug-likeness (QED) is 0.929. The van der Waals surface area contributed by atoms with E-state index in [1.54, 1.807) is 0 Å². The van der Waals surface area contributed by atoms with Gasteiger partial charge in [-0.2, -0.15) is 10.2 Å². The Morgan fingerprint density at radius 3 is 2.88 bits per heavy atom. The van der Waals surface area contributed by atoms with Crippen molar-refractivity contribution < 1.29 is 4.74 Å². The van der Waals surface area contributed by atoms with Crippen LogP contribution in [0, 0.1) is 6.92 Å². The number of H-pyrrole nitrogens is 1. The van der Waals surface area contributed by atoms with E-state index in [2.05, 4.69) is 33.3 Å². The molecule has 7 heteroatoms. The van der Waals surface area contributed by atoms with Gasteiger partial charge in [-0.3, -0.25) is 14.7 Å². The van der Waals surface area contributed by atoms with Gasteiger partial charge in [-0.15, -0.1) is 0 Å². The highest BCUT2D eigenvalue weighted by Crippen LogP contribution is 2.33. The smallest absolute Gasteiger partial charge is 0.154 e. The molecule has 0 amide bonds. The third-order valence-electron chi connectivity index (χ3n) is 5.27. The first-order chi connectivity index (χ1) is 11.7. The Morgan fingerprint density at radius 2 is 2.12 bits per heavy atom. The van der Waals surface area contributed by atoms with E-state index in [1.807, 2.05) is 11.7 Å². The van der Waals surface area contributed by atoms with Gasteiger partial charge in [0, 0.05) is 44.5 Å². The molecule has 4 heterocycles. The molecule has 2 aliphatic heterocycles. The lowest BCUT2D eigenvalue weighted by Crippen LogP contribution is -2.24. The summed E-state index contributed by atoms with van der Waals surface area (Å²) in [5, 5.41) is 12.2. The summed E-state index contributed by atoms with van der Waals surface area (Å²) in [5.74, 6) is 2.44. The lowest BCUT2D eigenvalue weighted by Gasteiger charge is -2.22. The summed E-state index contributed by atoms with van der Waals surface area (Å²) in [6.45, 7) is 5.76. The predicted molar refractivity (Wildman–Crippen MR) is 89.5 cm³/mol. The molecule has 4 rings (SSSR count). The first-order valence-corrected chi connectivity index (χ1v) is 8.94. The normalized spacial score (nSPS) is 23.2. The largest absolute Gasteiger partial charge is 0.381 e. The highest BCUT2D eigenvalue weighted by molar-refractivity contribution is 5.16. The van der Waals surface area contributed by atoms with E-state index in [-0.39, 0.29) is 0 Å². The van der Waals surface area contributed by atoms with Crippen molar-refractivity contribution in [1.82, 2.24) is 29.9 Å². The van der Waals surface area contributed by atoms with Crippen molar-refractivity contribution in [2.75, 3.05) is 19.8 Å². The van der Waals surface area contributed by atoms with Crippen LogP contribution in [0.15, 0.2) is 6.20 Å². The molecule has 2 aromatic rings. The fourth-order valence-electron chi connectivity index (χ4n) is 3.92. The van der Waals surface area contributed by atoms with Crippen molar-refractivity contribution >= 4 is 0 Å². The van der Waals surface area contributed by atoms with Crippen LogP contribution in [0.1, 0.15) is 60.5 Å². The fourth-order valence-corrected chi connectivity index (χ4v) is 3.92. The number of nitrogens with zero attached hydrogens (tertiary/aromatic N) is 5. The van der Waals surface area contributed by atoms with Gasteiger partial charge in [0.2, 0.25) is 0 Å². The lowest BCUT2D eigenvalue weighted by molar-refractivity contribution is 0.0836. The van der Waals surface area contributed by atoms with Crippen LogP contribution < -0.4 is 0 Å². The molecule has 1 unspecified atom stereocenters. The lowest BCUT2D eigenvalue weighted by atomic mass is 10.00. The second-order valence-electron chi connectivity index (χ2n) is 7.01. The minimum absolute atomic E-state index is 0.339. The first kappa shape index (κ1) is 15.8. The van der Waals surface area contributed by atoms with Gasteiger partial charge >= 0.3 is 0 Å². The number of hydrogen-bond donors (Lipinski definition) is 1. The van der Waals surface area contributed by atoms with Crippen molar-refractivity contribution in [3.05, 3.63) is 29.1 Å². The van der Waals surface area contributed by atoms with Crippen molar-refractivity contribution in [2.24, 2.45) is 7.05 Å². The molecule has 0 aliphatic carbocycles. The van der Waals surface area contributed by atoms with Gasteiger partial charge in [0.05, 0.1) is 11.7 Å². The van der Waals surface area contributed by atoms with Crippen molar-refractivity contribution in [1.29, 1.82) is 0 Å². The molecule has 130 valence electrons. The maximum Gasteiger partial charge on any atom is 0.154 e. The molecule has 0 radical (unpaired) electrons. The minimum Gasteiger partial charge on any atom is -0.381 e. The average molecular weight is 330 g/mol. The van der Waals surface area contributed by atoms with Crippen LogP contribution in [0.3, 0.4) is 0 Å². The molecule has 7 nitrogen and oxygen atoms in total. The van der Waals surface area contributed by atoms with Gasteiger partial charge in [-0.1, -0.05) is 0 Å². The summed E-state index contributed by atoms with van der Waals surface area (Å²) in [5.41, 5.74) is 2.41. The van der Waals surface area contributed by atoms with Gasteiger partial charge in [-0.25, -0.2) is 4.98 Å². The summed E-state index contributed by atoms with van der Waals surface area (Å²) in [4.78, 5) is 7.35. The Labute approximate surface area is 142 Å². The van der Waals surface area contributed by atoms with Gasteiger partial charge in [0.15, 0.2) is 5.82 Å². The van der Waals surface area contributed by atoms with E-state index in [0.29, 0.717) is 12.0 Å². The van der Waals surface area contributed by atoms with Crippen LogP contribution in [0.5, 0.6) is 0 Å². The van der Waals surface area contributed by atoms with Crippen LogP contribution in [0.2, 0.25) is 0 Å². The van der Waals surface area contributed by atoms with E-state index >= 15 is 0 Å². The standard InChI is InChI=1S/C17H26N6O/c1-12-14(10-22(2)21-12)11-23-7-3-4-15(23)17-18-16(19-20-17)13-5-8-24-9-6-13/h10,13,15H,3-9,11H2,1-2H3,(H,18,19,20). The number of aryl methyl sites for hydroxylation is 2. The van der Waals surface area contributed by atoms with E-state index in [0.717, 1.165) is 62.9 Å². The van der Waals surface area contributed by atoms with Crippen molar-refractivity contribution in [3.63, 3.8) is 0 Å². The molecule has 24 heavy (non-hydrogen) atoms. The average Bonchev–Trinajstić information content (AvgIpc) is 3.29. The minimum atomic E-state index is 0.339. The Bertz CT molecular complexity index is 687. The number of hydrogen-bond acceptors (Lipinski definition) is 5. The molecule has 1 atom stereocenters. The number of nitrogens with one attached hydrogen (secondary N) is 1. The van der Waals surface area contributed by atoms with E-state index in [9.17, 15) is 0 Å². The number of rotatable bonds is 4. The van der Waals surface area contributed by atoms with Crippen LogP contribution in [-0.4, -0.2) is 49.6 Å². The Hall–Kier alpha value is -1.73. The summed E-state index contributed by atoms with van der Waals surface area (Å²) in [6.07, 6.45) is 6.53. The topological polar surface area (TPSA) is 71.9 Å². The molecule has 0 spiro atoms. The zero-order valence-electron chi connectivity index (χ0n) is 14.5. The monoisotopic (exact) mass is 330 g/mol. The third-order valence-corrected chi connectivity index (χ3v) is 5.27. The number of aromatic nitrogens is 5. The summed E-state index contributed by atoms with van der Waals surface area (Å²) < 4.78 is 7.34. The van der Waals surface area contributed by atoms with Gasteiger partial charge in [-0.05, 0) is 39.2 Å². The molecule has 2 aliphatic rings. The molecule has 0 bridgehead atoms. The molecule has 0 aromatic carbocycles. The summed E-state index contributed by atoms with van der Waals surface area (Å²) in [7, 11) is 1.98. The molecule has 2 fully saturated rings. The highest BCUT2D eigenvalue weighted by atomic mass is 16.5. The zero-order valence-corrected chi connectivity index (χ0v) is 14.5. The van der Waals surface area contributed by atoms with E-state index < -0.39 is 0 Å². The summed E-state index contributed by atoms with van der Waals surface area (Å²) in [6, 6.07) is 0.339. The SMILES string of the molecule is Cc1nn(C)cc1CN1CCCC1c1nc(C2CCOCC2)n[nH]1. The maximum absolute atomic E-state index is 5.44. The van der Waals surface area contributed by atoms with Gasteiger partial charge in [0.25, 0.3) is 0 Å². The number of aromatic amines is 1. The maximum atomic E-state index is 5.44. The van der Waals surface area contributed by atoms with E-state index in [1.165, 1.54) is 12.0 Å². The van der Waals surface area contributed by atoms with Crippen LogP contribution in [-0.2, 0) is 18.3 Å². The number of ether oxygens (including phenoxy) is 1. The Balaban J connectivity index is 1.48. The zero-order chi connectivity index (χ0) is 16.5.